The Balaban J connectivity index is 1.56. The molecule has 21 heavy (non-hydrogen) atoms. The zero-order chi connectivity index (χ0) is 14.8. The lowest BCUT2D eigenvalue weighted by atomic mass is 10.1. The van der Waals surface area contributed by atoms with E-state index in [9.17, 15) is 9.59 Å². The third kappa shape index (κ3) is 3.17. The largest absolute Gasteiger partial charge is 0.497 e. The van der Waals surface area contributed by atoms with E-state index in [0.29, 0.717) is 25.6 Å². The number of methoxy groups -OCH3 is 1. The molecule has 1 aromatic rings. The molecule has 112 valence electrons. The minimum atomic E-state index is 0.0176. The van der Waals surface area contributed by atoms with E-state index in [1.54, 1.807) is 12.0 Å². The first-order valence-electron chi connectivity index (χ1n) is 7.37. The second-order valence-corrected chi connectivity index (χ2v) is 5.66. The van der Waals surface area contributed by atoms with Crippen LogP contribution in [0.2, 0.25) is 0 Å². The predicted octanol–water partition coefficient (Wildman–Crippen LogP) is 1.07. The van der Waals surface area contributed by atoms with Crippen LogP contribution < -0.4 is 4.74 Å². The molecule has 1 saturated heterocycles. The number of benzene rings is 1. The van der Waals surface area contributed by atoms with Crippen LogP contribution in [0.4, 0.5) is 0 Å². The Morgan fingerprint density at radius 2 is 1.95 bits per heavy atom. The fourth-order valence-electron chi connectivity index (χ4n) is 2.70. The lowest BCUT2D eigenvalue weighted by Gasteiger charge is -2.34. The summed E-state index contributed by atoms with van der Waals surface area (Å²) in [6.07, 6.45) is 2.57. The van der Waals surface area contributed by atoms with E-state index in [1.165, 1.54) is 0 Å². The Morgan fingerprint density at radius 1 is 1.24 bits per heavy atom. The molecule has 0 bridgehead atoms. The second-order valence-electron chi connectivity index (χ2n) is 5.66. The summed E-state index contributed by atoms with van der Waals surface area (Å²) >= 11 is 0. The van der Waals surface area contributed by atoms with Crippen molar-refractivity contribution < 1.29 is 14.3 Å². The minimum absolute atomic E-state index is 0.0176. The van der Waals surface area contributed by atoms with Crippen molar-refractivity contribution in [2.45, 2.75) is 25.3 Å². The molecular formula is C16H20N2O3. The number of carbonyl (C=O) groups excluding carboxylic acids is 2. The lowest BCUT2D eigenvalue weighted by Crippen LogP contribution is -2.53. The number of hydrogen-bond donors (Lipinski definition) is 0. The molecule has 0 aromatic heterocycles. The van der Waals surface area contributed by atoms with Crippen molar-refractivity contribution in [1.29, 1.82) is 0 Å². The van der Waals surface area contributed by atoms with Crippen LogP contribution in [0.25, 0.3) is 0 Å². The standard InChI is InChI=1S/C16H20N2O3/c1-21-14-6-2-12(3-7-14)10-15(19)17-8-9-18(13-4-5-13)16(20)11-17/h2-3,6-7,13H,4-5,8-11H2,1H3. The molecule has 1 heterocycles. The third-order valence-electron chi connectivity index (χ3n) is 4.11. The molecule has 0 radical (unpaired) electrons. The van der Waals surface area contributed by atoms with Crippen molar-refractivity contribution in [3.05, 3.63) is 29.8 Å². The molecule has 1 aliphatic carbocycles. The van der Waals surface area contributed by atoms with E-state index in [-0.39, 0.29) is 18.4 Å². The molecule has 0 N–H and O–H groups in total. The van der Waals surface area contributed by atoms with Crippen LogP contribution in [0.15, 0.2) is 24.3 Å². The van der Waals surface area contributed by atoms with Gasteiger partial charge in [-0.2, -0.15) is 0 Å². The fourth-order valence-corrected chi connectivity index (χ4v) is 2.70. The zero-order valence-electron chi connectivity index (χ0n) is 12.2. The Hall–Kier alpha value is -2.04. The van der Waals surface area contributed by atoms with Gasteiger partial charge in [-0.3, -0.25) is 9.59 Å². The van der Waals surface area contributed by atoms with E-state index >= 15 is 0 Å². The third-order valence-corrected chi connectivity index (χ3v) is 4.11. The molecule has 0 unspecified atom stereocenters. The van der Waals surface area contributed by atoms with Crippen LogP contribution in [-0.4, -0.2) is 54.4 Å². The van der Waals surface area contributed by atoms with E-state index < -0.39 is 0 Å². The van der Waals surface area contributed by atoms with Gasteiger partial charge in [0.2, 0.25) is 11.8 Å². The highest BCUT2D eigenvalue weighted by Gasteiger charge is 2.36. The van der Waals surface area contributed by atoms with Gasteiger partial charge in [0.1, 0.15) is 5.75 Å². The summed E-state index contributed by atoms with van der Waals surface area (Å²) in [6.45, 7) is 1.56. The molecular weight excluding hydrogens is 268 g/mol. The van der Waals surface area contributed by atoms with Crippen LogP contribution in [0.1, 0.15) is 18.4 Å². The van der Waals surface area contributed by atoms with Gasteiger partial charge < -0.3 is 14.5 Å². The number of amides is 2. The lowest BCUT2D eigenvalue weighted by molar-refractivity contribution is -0.145. The smallest absolute Gasteiger partial charge is 0.242 e. The zero-order valence-corrected chi connectivity index (χ0v) is 12.2. The SMILES string of the molecule is COc1ccc(CC(=O)N2CCN(C3CC3)C(=O)C2)cc1. The molecule has 5 heteroatoms. The molecule has 1 saturated carbocycles. The fraction of sp³-hybridized carbons (Fsp3) is 0.500. The van der Waals surface area contributed by atoms with Crippen LogP contribution in [0.5, 0.6) is 5.75 Å². The number of piperazine rings is 1. The summed E-state index contributed by atoms with van der Waals surface area (Å²) in [4.78, 5) is 27.9. The van der Waals surface area contributed by atoms with Gasteiger partial charge in [-0.15, -0.1) is 0 Å². The van der Waals surface area contributed by atoms with Gasteiger partial charge in [0.15, 0.2) is 0 Å². The van der Waals surface area contributed by atoms with Gasteiger partial charge in [0.25, 0.3) is 0 Å². The van der Waals surface area contributed by atoms with Gasteiger partial charge in [-0.1, -0.05) is 12.1 Å². The highest BCUT2D eigenvalue weighted by molar-refractivity contribution is 5.87. The summed E-state index contributed by atoms with van der Waals surface area (Å²) in [5.74, 6) is 0.884. The quantitative estimate of drug-likeness (QED) is 0.833. The molecule has 1 aliphatic heterocycles. The average Bonchev–Trinajstić information content (AvgIpc) is 3.32. The first kappa shape index (κ1) is 13.9. The second kappa shape index (κ2) is 5.76. The highest BCUT2D eigenvalue weighted by Crippen LogP contribution is 2.28. The number of nitrogens with zero attached hydrogens (tertiary/aromatic N) is 2. The monoisotopic (exact) mass is 288 g/mol. The summed E-state index contributed by atoms with van der Waals surface area (Å²) in [5.41, 5.74) is 0.942. The number of hydrogen-bond acceptors (Lipinski definition) is 3. The minimum Gasteiger partial charge on any atom is -0.497 e. The number of ether oxygens (including phenoxy) is 1. The van der Waals surface area contributed by atoms with Crippen LogP contribution >= 0.6 is 0 Å². The molecule has 5 nitrogen and oxygen atoms in total. The van der Waals surface area contributed by atoms with E-state index in [2.05, 4.69) is 0 Å². The molecule has 3 rings (SSSR count). The maximum Gasteiger partial charge on any atom is 0.242 e. The highest BCUT2D eigenvalue weighted by atomic mass is 16.5. The van der Waals surface area contributed by atoms with Gasteiger partial charge in [0.05, 0.1) is 20.1 Å². The Kier molecular flexibility index (Phi) is 3.82. The van der Waals surface area contributed by atoms with Crippen LogP contribution in [-0.2, 0) is 16.0 Å². The van der Waals surface area contributed by atoms with Crippen molar-refractivity contribution in [1.82, 2.24) is 9.80 Å². The maximum absolute atomic E-state index is 12.3. The van der Waals surface area contributed by atoms with Gasteiger partial charge >= 0.3 is 0 Å². The number of carbonyl (C=O) groups is 2. The van der Waals surface area contributed by atoms with Crippen LogP contribution in [0.3, 0.4) is 0 Å². The van der Waals surface area contributed by atoms with Crippen molar-refractivity contribution in [3.63, 3.8) is 0 Å². The summed E-state index contributed by atoms with van der Waals surface area (Å²) in [6, 6.07) is 7.91. The predicted molar refractivity (Wildman–Crippen MR) is 78.0 cm³/mol. The van der Waals surface area contributed by atoms with Crippen molar-refractivity contribution in [3.8, 4) is 5.75 Å². The first-order chi connectivity index (χ1) is 10.2. The molecule has 2 aliphatic rings. The molecule has 2 fully saturated rings. The van der Waals surface area contributed by atoms with Gasteiger partial charge in [-0.05, 0) is 30.5 Å². The average molecular weight is 288 g/mol. The summed E-state index contributed by atoms with van der Waals surface area (Å²) in [7, 11) is 1.62. The Morgan fingerprint density at radius 3 is 2.52 bits per heavy atom. The maximum atomic E-state index is 12.3. The van der Waals surface area contributed by atoms with E-state index in [4.69, 9.17) is 4.74 Å². The van der Waals surface area contributed by atoms with Crippen molar-refractivity contribution >= 4 is 11.8 Å². The van der Waals surface area contributed by atoms with Gasteiger partial charge in [0, 0.05) is 19.1 Å². The van der Waals surface area contributed by atoms with Crippen LogP contribution in [0, 0.1) is 0 Å². The summed E-state index contributed by atoms with van der Waals surface area (Å²) < 4.78 is 5.10. The van der Waals surface area contributed by atoms with Crippen molar-refractivity contribution in [2.75, 3.05) is 26.7 Å². The van der Waals surface area contributed by atoms with E-state index in [1.807, 2.05) is 29.2 Å². The molecule has 0 spiro atoms. The van der Waals surface area contributed by atoms with Gasteiger partial charge in [-0.25, -0.2) is 0 Å². The molecule has 1 aromatic carbocycles. The summed E-state index contributed by atoms with van der Waals surface area (Å²) in [5, 5.41) is 0. The number of rotatable bonds is 4. The van der Waals surface area contributed by atoms with Crippen molar-refractivity contribution in [2.24, 2.45) is 0 Å². The Labute approximate surface area is 124 Å². The van der Waals surface area contributed by atoms with E-state index in [0.717, 1.165) is 24.2 Å². The topological polar surface area (TPSA) is 49.9 Å². The normalized spacial score (nSPS) is 18.8. The first-order valence-corrected chi connectivity index (χ1v) is 7.37. The molecule has 2 amide bonds. The molecule has 0 atom stereocenters. The Bertz CT molecular complexity index is 537.